The molecule has 0 aliphatic heterocycles. The van der Waals surface area contributed by atoms with E-state index in [-0.39, 0.29) is 5.78 Å². The number of carbonyl (C=O) groups is 1. The average Bonchev–Trinajstić information content (AvgIpc) is 2.73. The van der Waals surface area contributed by atoms with Crippen LogP contribution >= 0.6 is 23.1 Å². The van der Waals surface area contributed by atoms with Gasteiger partial charge in [-0.05, 0) is 13.8 Å². The second kappa shape index (κ2) is 5.47. The summed E-state index contributed by atoms with van der Waals surface area (Å²) in [5.41, 5.74) is 2.96. The summed E-state index contributed by atoms with van der Waals surface area (Å²) in [5, 5.41) is 2.00. The second-order valence-electron chi connectivity index (χ2n) is 3.83. The first kappa shape index (κ1) is 12.3. The van der Waals surface area contributed by atoms with Crippen LogP contribution in [0.25, 0.3) is 0 Å². The summed E-state index contributed by atoms with van der Waals surface area (Å²) in [6.07, 6.45) is 0. The van der Waals surface area contributed by atoms with Crippen molar-refractivity contribution in [2.45, 2.75) is 18.2 Å². The predicted octanol–water partition coefficient (Wildman–Crippen LogP) is 3.73. The van der Waals surface area contributed by atoms with E-state index in [4.69, 9.17) is 0 Å². The molecule has 2 aromatic rings. The van der Waals surface area contributed by atoms with Gasteiger partial charge in [-0.2, -0.15) is 0 Å². The zero-order chi connectivity index (χ0) is 12.3. The van der Waals surface area contributed by atoms with Gasteiger partial charge in [0, 0.05) is 16.6 Å². The SMILES string of the molecule is Cc1ccc(C(=O)CSc2nc(C)cs2)cc1. The molecule has 0 radical (unpaired) electrons. The topological polar surface area (TPSA) is 30.0 Å². The number of nitrogens with zero attached hydrogens (tertiary/aromatic N) is 1. The van der Waals surface area contributed by atoms with Gasteiger partial charge in [0.1, 0.15) is 0 Å². The van der Waals surface area contributed by atoms with Gasteiger partial charge in [0.25, 0.3) is 0 Å². The fraction of sp³-hybridized carbons (Fsp3) is 0.231. The summed E-state index contributed by atoms with van der Waals surface area (Å²) in [4.78, 5) is 16.2. The summed E-state index contributed by atoms with van der Waals surface area (Å²) < 4.78 is 0.961. The van der Waals surface area contributed by atoms with Crippen LogP contribution in [0.15, 0.2) is 34.0 Å². The standard InChI is InChI=1S/C13H13NOS2/c1-9-3-5-11(6-4-9)12(15)8-17-13-14-10(2)7-16-13/h3-7H,8H2,1-2H3. The van der Waals surface area contributed by atoms with Crippen molar-refractivity contribution < 1.29 is 4.79 Å². The minimum absolute atomic E-state index is 0.155. The Bertz CT molecular complexity index is 516. The molecule has 0 amide bonds. The number of hydrogen-bond donors (Lipinski definition) is 0. The number of thiazole rings is 1. The van der Waals surface area contributed by atoms with Gasteiger partial charge < -0.3 is 0 Å². The first-order valence-electron chi connectivity index (χ1n) is 5.30. The number of Topliss-reactive ketones (excluding diaryl/α,β-unsaturated/α-hetero) is 1. The first-order chi connectivity index (χ1) is 8.15. The molecule has 1 aromatic carbocycles. The summed E-state index contributed by atoms with van der Waals surface area (Å²) in [5.74, 6) is 0.610. The largest absolute Gasteiger partial charge is 0.293 e. The van der Waals surface area contributed by atoms with Crippen LogP contribution in [-0.4, -0.2) is 16.5 Å². The molecule has 0 aliphatic carbocycles. The number of thioether (sulfide) groups is 1. The molecule has 0 fully saturated rings. The van der Waals surface area contributed by atoms with Gasteiger partial charge >= 0.3 is 0 Å². The van der Waals surface area contributed by atoms with Crippen LogP contribution < -0.4 is 0 Å². The van der Waals surface area contributed by atoms with Crippen LogP contribution in [0.4, 0.5) is 0 Å². The second-order valence-corrected chi connectivity index (χ2v) is 5.91. The predicted molar refractivity (Wildman–Crippen MR) is 73.1 cm³/mol. The maximum Gasteiger partial charge on any atom is 0.173 e. The lowest BCUT2D eigenvalue weighted by atomic mass is 10.1. The molecule has 0 atom stereocenters. The molecule has 0 aliphatic rings. The molecule has 0 spiro atoms. The number of aromatic nitrogens is 1. The first-order valence-corrected chi connectivity index (χ1v) is 7.16. The van der Waals surface area contributed by atoms with Gasteiger partial charge in [-0.1, -0.05) is 41.6 Å². The van der Waals surface area contributed by atoms with E-state index < -0.39 is 0 Å². The van der Waals surface area contributed by atoms with E-state index in [1.807, 2.05) is 43.5 Å². The van der Waals surface area contributed by atoms with E-state index in [1.54, 1.807) is 11.3 Å². The zero-order valence-electron chi connectivity index (χ0n) is 9.77. The Morgan fingerprint density at radius 1 is 1.29 bits per heavy atom. The molecule has 0 bridgehead atoms. The molecule has 1 heterocycles. The van der Waals surface area contributed by atoms with E-state index in [0.717, 1.165) is 15.6 Å². The molecular weight excluding hydrogens is 250 g/mol. The molecule has 88 valence electrons. The zero-order valence-corrected chi connectivity index (χ0v) is 11.4. The summed E-state index contributed by atoms with van der Waals surface area (Å²) >= 11 is 3.10. The fourth-order valence-corrected chi connectivity index (χ4v) is 3.09. The van der Waals surface area contributed by atoms with Crippen LogP contribution in [0.1, 0.15) is 21.6 Å². The van der Waals surface area contributed by atoms with Crippen LogP contribution in [0.2, 0.25) is 0 Å². The number of rotatable bonds is 4. The smallest absolute Gasteiger partial charge is 0.173 e. The highest BCUT2D eigenvalue weighted by Crippen LogP contribution is 2.23. The Morgan fingerprint density at radius 3 is 2.59 bits per heavy atom. The molecular formula is C13H13NOS2. The Balaban J connectivity index is 1.95. The monoisotopic (exact) mass is 263 g/mol. The fourth-order valence-electron chi connectivity index (χ4n) is 1.35. The normalized spacial score (nSPS) is 10.5. The minimum atomic E-state index is 0.155. The molecule has 17 heavy (non-hydrogen) atoms. The van der Waals surface area contributed by atoms with Gasteiger partial charge in [-0.3, -0.25) is 4.79 Å². The quantitative estimate of drug-likeness (QED) is 0.622. The molecule has 2 rings (SSSR count). The van der Waals surface area contributed by atoms with Crippen molar-refractivity contribution in [1.82, 2.24) is 4.98 Å². The lowest BCUT2D eigenvalue weighted by Crippen LogP contribution is -2.01. The maximum atomic E-state index is 11.9. The molecule has 1 aromatic heterocycles. The van der Waals surface area contributed by atoms with E-state index in [0.29, 0.717) is 5.75 Å². The van der Waals surface area contributed by atoms with Crippen LogP contribution in [0.3, 0.4) is 0 Å². The third-order valence-corrected chi connectivity index (χ3v) is 4.44. The van der Waals surface area contributed by atoms with Gasteiger partial charge in [0.15, 0.2) is 10.1 Å². The number of aryl methyl sites for hydroxylation is 2. The van der Waals surface area contributed by atoms with E-state index >= 15 is 0 Å². The number of benzene rings is 1. The summed E-state index contributed by atoms with van der Waals surface area (Å²) in [7, 11) is 0. The van der Waals surface area contributed by atoms with Crippen LogP contribution in [-0.2, 0) is 0 Å². The molecule has 0 saturated heterocycles. The van der Waals surface area contributed by atoms with Crippen molar-refractivity contribution in [3.63, 3.8) is 0 Å². The van der Waals surface area contributed by atoms with Crippen molar-refractivity contribution in [2.75, 3.05) is 5.75 Å². The molecule has 4 heteroatoms. The lowest BCUT2D eigenvalue weighted by molar-refractivity contribution is 0.102. The third kappa shape index (κ3) is 3.41. The van der Waals surface area contributed by atoms with Crippen molar-refractivity contribution in [3.05, 3.63) is 46.5 Å². The highest BCUT2D eigenvalue weighted by Gasteiger charge is 2.07. The Morgan fingerprint density at radius 2 is 2.00 bits per heavy atom. The molecule has 0 unspecified atom stereocenters. The number of ketones is 1. The highest BCUT2D eigenvalue weighted by molar-refractivity contribution is 8.01. The number of hydrogen-bond acceptors (Lipinski definition) is 4. The van der Waals surface area contributed by atoms with Gasteiger partial charge in [-0.25, -0.2) is 4.98 Å². The van der Waals surface area contributed by atoms with E-state index in [9.17, 15) is 4.79 Å². The minimum Gasteiger partial charge on any atom is -0.293 e. The Labute approximate surface area is 109 Å². The Hall–Kier alpha value is -1.13. The van der Waals surface area contributed by atoms with Crippen molar-refractivity contribution in [2.24, 2.45) is 0 Å². The molecule has 0 N–H and O–H groups in total. The maximum absolute atomic E-state index is 11.9. The third-order valence-electron chi connectivity index (χ3n) is 2.30. The molecule has 2 nitrogen and oxygen atoms in total. The van der Waals surface area contributed by atoms with Gasteiger partial charge in [0.2, 0.25) is 0 Å². The average molecular weight is 263 g/mol. The highest BCUT2D eigenvalue weighted by atomic mass is 32.2. The van der Waals surface area contributed by atoms with Crippen molar-refractivity contribution >= 4 is 28.9 Å². The van der Waals surface area contributed by atoms with E-state index in [1.165, 1.54) is 17.3 Å². The van der Waals surface area contributed by atoms with E-state index in [2.05, 4.69) is 4.98 Å². The van der Waals surface area contributed by atoms with Crippen molar-refractivity contribution in [1.29, 1.82) is 0 Å². The summed E-state index contributed by atoms with van der Waals surface area (Å²) in [6, 6.07) is 7.69. The summed E-state index contributed by atoms with van der Waals surface area (Å²) in [6.45, 7) is 3.98. The van der Waals surface area contributed by atoms with Crippen molar-refractivity contribution in [3.8, 4) is 0 Å². The van der Waals surface area contributed by atoms with Crippen LogP contribution in [0, 0.1) is 13.8 Å². The van der Waals surface area contributed by atoms with Crippen LogP contribution in [0.5, 0.6) is 0 Å². The lowest BCUT2D eigenvalue weighted by Gasteiger charge is -2.00. The van der Waals surface area contributed by atoms with Gasteiger partial charge in [-0.15, -0.1) is 11.3 Å². The Kier molecular flexibility index (Phi) is 3.97. The number of carbonyl (C=O) groups excluding carboxylic acids is 1. The molecule has 0 saturated carbocycles. The van der Waals surface area contributed by atoms with Gasteiger partial charge in [0.05, 0.1) is 5.75 Å².